The van der Waals surface area contributed by atoms with Crippen LogP contribution in [0.25, 0.3) is 0 Å². The van der Waals surface area contributed by atoms with Gasteiger partial charge in [-0.25, -0.2) is 15.0 Å². The van der Waals surface area contributed by atoms with Gasteiger partial charge < -0.3 is 19.4 Å². The van der Waals surface area contributed by atoms with Gasteiger partial charge in [-0.2, -0.15) is 0 Å². The van der Waals surface area contributed by atoms with Crippen LogP contribution >= 0.6 is 0 Å². The third-order valence-corrected chi connectivity index (χ3v) is 7.84. The van der Waals surface area contributed by atoms with Crippen molar-refractivity contribution in [1.29, 1.82) is 0 Å². The van der Waals surface area contributed by atoms with E-state index in [4.69, 9.17) is 4.74 Å². The number of carbonyl (C=O) groups is 3. The summed E-state index contributed by atoms with van der Waals surface area (Å²) in [4.78, 5) is 42.0. The average Bonchev–Trinajstić information content (AvgIpc) is 3.39. The second-order valence-electron chi connectivity index (χ2n) is 9.82. The molecule has 4 amide bonds. The van der Waals surface area contributed by atoms with Crippen LogP contribution in [0.3, 0.4) is 0 Å². The lowest BCUT2D eigenvalue weighted by molar-refractivity contribution is -0.119. The Labute approximate surface area is 184 Å². The molecule has 0 aromatic carbocycles. The number of urea groups is 1. The molecule has 1 saturated carbocycles. The molecule has 9 nitrogen and oxygen atoms in total. The van der Waals surface area contributed by atoms with Gasteiger partial charge in [-0.05, 0) is 76.3 Å². The number of nitrogens with zero attached hydrogens (tertiary/aromatic N) is 3. The van der Waals surface area contributed by atoms with Crippen LogP contribution in [0.1, 0.15) is 58.8 Å². The van der Waals surface area contributed by atoms with Gasteiger partial charge in [-0.1, -0.05) is 0 Å². The quantitative estimate of drug-likeness (QED) is 0.661. The van der Waals surface area contributed by atoms with Crippen LogP contribution in [-0.2, 0) is 9.53 Å². The molecule has 9 heteroatoms. The minimum absolute atomic E-state index is 0.160. The smallest absolute Gasteiger partial charge is 0.409 e. The molecule has 0 aromatic rings. The van der Waals surface area contributed by atoms with Gasteiger partial charge in [0.15, 0.2) is 0 Å². The standard InChI is InChI=1S/C22H37N5O4/c1-3-31-21(30)26-12-8-22(15-26)13-18(14-22)25-10-6-17(7-11-25)19-5-4-9-27(19)20(29)24-23-16(2)28/h17-19H,3-15H2,1-2H3,(H,23,28)(H,24,29)/t18?,19-,22?/m0/s1. The van der Waals surface area contributed by atoms with Crippen molar-refractivity contribution in [3.63, 3.8) is 0 Å². The molecule has 31 heavy (non-hydrogen) atoms. The molecular formula is C22H37N5O4. The van der Waals surface area contributed by atoms with E-state index < -0.39 is 0 Å². The molecule has 0 unspecified atom stereocenters. The lowest BCUT2D eigenvalue weighted by Crippen LogP contribution is -2.56. The van der Waals surface area contributed by atoms with Gasteiger partial charge >= 0.3 is 12.1 Å². The van der Waals surface area contributed by atoms with Gasteiger partial charge in [0.05, 0.1) is 6.61 Å². The van der Waals surface area contributed by atoms with Crippen LogP contribution in [-0.4, -0.2) is 84.1 Å². The van der Waals surface area contributed by atoms with Crippen LogP contribution in [0.2, 0.25) is 0 Å². The van der Waals surface area contributed by atoms with Gasteiger partial charge in [-0.15, -0.1) is 0 Å². The third kappa shape index (κ3) is 4.76. The Morgan fingerprint density at radius 3 is 2.45 bits per heavy atom. The lowest BCUT2D eigenvalue weighted by Gasteiger charge is -2.52. The summed E-state index contributed by atoms with van der Waals surface area (Å²) in [6, 6.07) is 0.718. The van der Waals surface area contributed by atoms with E-state index in [1.54, 1.807) is 0 Å². The molecule has 4 fully saturated rings. The van der Waals surface area contributed by atoms with E-state index in [1.165, 1.54) is 19.8 Å². The maximum absolute atomic E-state index is 12.4. The summed E-state index contributed by atoms with van der Waals surface area (Å²) in [6.07, 6.45) is 7.62. The molecule has 1 spiro atoms. The van der Waals surface area contributed by atoms with Crippen LogP contribution in [0.5, 0.6) is 0 Å². The Kier molecular flexibility index (Phi) is 6.60. The highest BCUT2D eigenvalue weighted by Gasteiger charge is 2.51. The molecule has 3 saturated heterocycles. The molecule has 3 heterocycles. The molecule has 2 N–H and O–H groups in total. The lowest BCUT2D eigenvalue weighted by atomic mass is 9.64. The number of ether oxygens (including phenoxy) is 1. The number of hydrogen-bond acceptors (Lipinski definition) is 5. The van der Waals surface area contributed by atoms with Crippen LogP contribution in [0, 0.1) is 11.3 Å². The van der Waals surface area contributed by atoms with Crippen LogP contribution < -0.4 is 10.9 Å². The summed E-state index contributed by atoms with van der Waals surface area (Å²) < 4.78 is 5.17. The van der Waals surface area contributed by atoms with Crippen molar-refractivity contribution in [3.8, 4) is 0 Å². The summed E-state index contributed by atoms with van der Waals surface area (Å²) in [5.41, 5.74) is 5.23. The van der Waals surface area contributed by atoms with Crippen molar-refractivity contribution in [3.05, 3.63) is 0 Å². The van der Waals surface area contributed by atoms with E-state index in [2.05, 4.69) is 15.8 Å². The van der Waals surface area contributed by atoms with Gasteiger partial charge in [-0.3, -0.25) is 10.2 Å². The molecule has 1 aliphatic carbocycles. The van der Waals surface area contributed by atoms with Crippen molar-refractivity contribution in [2.75, 3.05) is 39.3 Å². The topological polar surface area (TPSA) is 94.2 Å². The second-order valence-corrected chi connectivity index (χ2v) is 9.82. The zero-order valence-corrected chi connectivity index (χ0v) is 18.9. The monoisotopic (exact) mass is 435 g/mol. The number of nitrogens with one attached hydrogen (secondary N) is 2. The number of hydrogen-bond donors (Lipinski definition) is 2. The number of rotatable bonds is 3. The van der Waals surface area contributed by atoms with E-state index in [1.807, 2.05) is 16.7 Å². The third-order valence-electron chi connectivity index (χ3n) is 7.84. The second kappa shape index (κ2) is 9.22. The Bertz CT molecular complexity index is 687. The van der Waals surface area contributed by atoms with Gasteiger partial charge in [0.2, 0.25) is 5.91 Å². The predicted octanol–water partition coefficient (Wildman–Crippen LogP) is 1.93. The number of likely N-dealkylation sites (tertiary alicyclic amines) is 3. The summed E-state index contributed by atoms with van der Waals surface area (Å²) in [5, 5.41) is 0. The van der Waals surface area contributed by atoms with E-state index in [-0.39, 0.29) is 24.1 Å². The maximum atomic E-state index is 12.4. The molecule has 0 aromatic heterocycles. The van der Waals surface area contributed by atoms with E-state index in [9.17, 15) is 14.4 Å². The first-order valence-electron chi connectivity index (χ1n) is 11.9. The fourth-order valence-electron chi connectivity index (χ4n) is 6.25. The minimum atomic E-state index is -0.261. The molecule has 0 bridgehead atoms. The molecular weight excluding hydrogens is 398 g/mol. The first kappa shape index (κ1) is 22.2. The van der Waals surface area contributed by atoms with Crippen molar-refractivity contribution in [2.24, 2.45) is 11.3 Å². The van der Waals surface area contributed by atoms with Crippen LogP contribution in [0.4, 0.5) is 9.59 Å². The van der Waals surface area contributed by atoms with Crippen molar-refractivity contribution >= 4 is 18.0 Å². The van der Waals surface area contributed by atoms with Crippen molar-refractivity contribution in [2.45, 2.75) is 70.9 Å². The number of amides is 4. The summed E-state index contributed by atoms with van der Waals surface area (Å²) in [7, 11) is 0. The first-order chi connectivity index (χ1) is 14.9. The van der Waals surface area contributed by atoms with Crippen molar-refractivity contribution < 1.29 is 19.1 Å². The highest BCUT2D eigenvalue weighted by Crippen LogP contribution is 2.51. The van der Waals surface area contributed by atoms with Gasteiger partial charge in [0, 0.05) is 38.6 Å². The highest BCUT2D eigenvalue weighted by molar-refractivity contribution is 5.80. The summed E-state index contributed by atoms with van der Waals surface area (Å²) >= 11 is 0. The van der Waals surface area contributed by atoms with E-state index in [0.717, 1.165) is 64.8 Å². The first-order valence-corrected chi connectivity index (χ1v) is 11.9. The molecule has 174 valence electrons. The molecule has 4 aliphatic rings. The average molecular weight is 436 g/mol. The fourth-order valence-corrected chi connectivity index (χ4v) is 6.25. The molecule has 4 rings (SSSR count). The molecule has 0 radical (unpaired) electrons. The number of carbonyl (C=O) groups excluding carboxylic acids is 3. The SMILES string of the molecule is CCOC(=O)N1CCC2(CC(N3CCC([C@@H]4CCCN4C(=O)NNC(C)=O)CC3)C2)C1. The highest BCUT2D eigenvalue weighted by atomic mass is 16.6. The molecule has 1 atom stereocenters. The van der Waals surface area contributed by atoms with E-state index in [0.29, 0.717) is 24.0 Å². The fraction of sp³-hybridized carbons (Fsp3) is 0.864. The Morgan fingerprint density at radius 2 is 1.77 bits per heavy atom. The molecule has 3 aliphatic heterocycles. The largest absolute Gasteiger partial charge is 0.450 e. The summed E-state index contributed by atoms with van der Waals surface area (Å²) in [5.74, 6) is 0.268. The number of piperidine rings is 1. The van der Waals surface area contributed by atoms with Gasteiger partial charge in [0.1, 0.15) is 0 Å². The minimum Gasteiger partial charge on any atom is -0.450 e. The van der Waals surface area contributed by atoms with Crippen LogP contribution in [0.15, 0.2) is 0 Å². The maximum Gasteiger partial charge on any atom is 0.409 e. The normalized spacial score (nSPS) is 31.5. The van der Waals surface area contributed by atoms with Gasteiger partial charge in [0.25, 0.3) is 0 Å². The predicted molar refractivity (Wildman–Crippen MR) is 115 cm³/mol. The van der Waals surface area contributed by atoms with E-state index >= 15 is 0 Å². The summed E-state index contributed by atoms with van der Waals surface area (Å²) in [6.45, 7) is 8.29. The Balaban J connectivity index is 1.22. The zero-order valence-electron chi connectivity index (χ0n) is 18.9. The zero-order chi connectivity index (χ0) is 22.0. The Morgan fingerprint density at radius 1 is 1.03 bits per heavy atom. The Hall–Kier alpha value is -2.03. The number of hydrazine groups is 1. The van der Waals surface area contributed by atoms with Crippen molar-refractivity contribution in [1.82, 2.24) is 25.6 Å².